The highest BCUT2D eigenvalue weighted by atomic mass is 16.5. The fourth-order valence-electron chi connectivity index (χ4n) is 3.59. The number of unbranched alkanes of at least 4 members (excludes halogenated alkanes) is 1. The predicted octanol–water partition coefficient (Wildman–Crippen LogP) is 2.56. The zero-order valence-corrected chi connectivity index (χ0v) is 9.00. The van der Waals surface area contributed by atoms with Crippen molar-refractivity contribution in [1.29, 1.82) is 0 Å². The van der Waals surface area contributed by atoms with Gasteiger partial charge in [-0.05, 0) is 49.9 Å². The number of ether oxygens (including phenoxy) is 1. The van der Waals surface area contributed by atoms with Crippen molar-refractivity contribution >= 4 is 6.29 Å². The molecule has 2 aliphatic rings. The van der Waals surface area contributed by atoms with Gasteiger partial charge in [0, 0.05) is 13.5 Å². The van der Waals surface area contributed by atoms with E-state index >= 15 is 0 Å². The van der Waals surface area contributed by atoms with E-state index in [0.29, 0.717) is 11.5 Å². The fourth-order valence-corrected chi connectivity index (χ4v) is 3.59. The SMILES string of the molecule is COC1CC2CCC1(CCCC=O)C2. The van der Waals surface area contributed by atoms with Crippen LogP contribution in [0.5, 0.6) is 0 Å². The standard InChI is InChI=1S/C12H20O2/c1-14-11-8-10-4-6-12(11,9-10)5-2-3-7-13/h7,10-11H,2-6,8-9H2,1H3. The largest absolute Gasteiger partial charge is 0.381 e. The van der Waals surface area contributed by atoms with Gasteiger partial charge in [-0.1, -0.05) is 0 Å². The molecule has 0 radical (unpaired) electrons. The smallest absolute Gasteiger partial charge is 0.119 e. The molecule has 0 spiro atoms. The van der Waals surface area contributed by atoms with Crippen molar-refractivity contribution in [2.45, 2.75) is 51.0 Å². The van der Waals surface area contributed by atoms with E-state index < -0.39 is 0 Å². The molecule has 2 bridgehead atoms. The maximum Gasteiger partial charge on any atom is 0.119 e. The van der Waals surface area contributed by atoms with Crippen molar-refractivity contribution in [3.63, 3.8) is 0 Å². The molecule has 2 saturated carbocycles. The molecule has 2 fully saturated rings. The molecule has 0 aromatic heterocycles. The quantitative estimate of drug-likeness (QED) is 0.499. The van der Waals surface area contributed by atoms with E-state index in [1.54, 1.807) is 0 Å². The van der Waals surface area contributed by atoms with Crippen LogP contribution in [0.15, 0.2) is 0 Å². The summed E-state index contributed by atoms with van der Waals surface area (Å²) >= 11 is 0. The Bertz CT molecular complexity index is 214. The summed E-state index contributed by atoms with van der Waals surface area (Å²) in [7, 11) is 1.84. The highest BCUT2D eigenvalue weighted by Crippen LogP contribution is 2.57. The van der Waals surface area contributed by atoms with E-state index in [0.717, 1.165) is 25.0 Å². The Morgan fingerprint density at radius 2 is 2.43 bits per heavy atom. The molecule has 0 aromatic rings. The summed E-state index contributed by atoms with van der Waals surface area (Å²) < 4.78 is 5.59. The second kappa shape index (κ2) is 4.01. The van der Waals surface area contributed by atoms with Crippen LogP contribution in [0.4, 0.5) is 0 Å². The molecular weight excluding hydrogens is 176 g/mol. The van der Waals surface area contributed by atoms with Crippen molar-refractivity contribution in [3.05, 3.63) is 0 Å². The van der Waals surface area contributed by atoms with E-state index in [-0.39, 0.29) is 0 Å². The van der Waals surface area contributed by atoms with Gasteiger partial charge in [-0.3, -0.25) is 0 Å². The lowest BCUT2D eigenvalue weighted by Crippen LogP contribution is -2.31. The number of aldehydes is 1. The molecule has 0 N–H and O–H groups in total. The first kappa shape index (κ1) is 10.2. The number of hydrogen-bond donors (Lipinski definition) is 0. The molecule has 14 heavy (non-hydrogen) atoms. The zero-order chi connectivity index (χ0) is 10.0. The number of methoxy groups -OCH3 is 1. The summed E-state index contributed by atoms with van der Waals surface area (Å²) in [6, 6.07) is 0. The second-order valence-corrected chi connectivity index (χ2v) is 4.99. The van der Waals surface area contributed by atoms with Gasteiger partial charge in [0.1, 0.15) is 6.29 Å². The van der Waals surface area contributed by atoms with Crippen LogP contribution in [0.2, 0.25) is 0 Å². The summed E-state index contributed by atoms with van der Waals surface area (Å²) in [6.07, 6.45) is 9.82. The number of rotatable bonds is 5. The lowest BCUT2D eigenvalue weighted by Gasteiger charge is -2.34. The van der Waals surface area contributed by atoms with Crippen molar-refractivity contribution in [2.75, 3.05) is 7.11 Å². The topological polar surface area (TPSA) is 26.3 Å². The Kier molecular flexibility index (Phi) is 2.91. The average molecular weight is 196 g/mol. The fraction of sp³-hybridized carbons (Fsp3) is 0.917. The van der Waals surface area contributed by atoms with E-state index in [1.807, 2.05) is 7.11 Å². The second-order valence-electron chi connectivity index (χ2n) is 4.99. The summed E-state index contributed by atoms with van der Waals surface area (Å²) in [6.45, 7) is 0. The first-order valence-corrected chi connectivity index (χ1v) is 5.77. The minimum absolute atomic E-state index is 0.447. The first-order chi connectivity index (χ1) is 6.80. The lowest BCUT2D eigenvalue weighted by atomic mass is 9.77. The molecule has 2 heteroatoms. The third kappa shape index (κ3) is 1.60. The minimum Gasteiger partial charge on any atom is -0.381 e. The molecule has 3 unspecified atom stereocenters. The van der Waals surface area contributed by atoms with Crippen molar-refractivity contribution in [1.82, 2.24) is 0 Å². The third-order valence-corrected chi connectivity index (χ3v) is 4.26. The Morgan fingerprint density at radius 1 is 1.57 bits per heavy atom. The van der Waals surface area contributed by atoms with Crippen LogP contribution in [-0.2, 0) is 9.53 Å². The van der Waals surface area contributed by atoms with Crippen LogP contribution in [0.3, 0.4) is 0 Å². The van der Waals surface area contributed by atoms with Crippen LogP contribution < -0.4 is 0 Å². The molecule has 2 nitrogen and oxygen atoms in total. The van der Waals surface area contributed by atoms with Gasteiger partial charge < -0.3 is 9.53 Å². The van der Waals surface area contributed by atoms with Gasteiger partial charge in [-0.2, -0.15) is 0 Å². The molecule has 2 rings (SSSR count). The summed E-state index contributed by atoms with van der Waals surface area (Å²) in [5.41, 5.74) is 0.447. The highest BCUT2D eigenvalue weighted by Gasteiger charge is 2.51. The van der Waals surface area contributed by atoms with Gasteiger partial charge in [-0.15, -0.1) is 0 Å². The van der Waals surface area contributed by atoms with Crippen LogP contribution in [0.25, 0.3) is 0 Å². The Morgan fingerprint density at radius 3 is 3.07 bits per heavy atom. The van der Waals surface area contributed by atoms with Crippen LogP contribution >= 0.6 is 0 Å². The Hall–Kier alpha value is -0.370. The Balaban J connectivity index is 1.94. The normalized spacial score (nSPS) is 40.4. The number of carbonyl (C=O) groups is 1. The van der Waals surface area contributed by atoms with Gasteiger partial charge in [0.15, 0.2) is 0 Å². The highest BCUT2D eigenvalue weighted by molar-refractivity contribution is 5.49. The number of fused-ring (bicyclic) bond motifs is 2. The number of hydrogen-bond acceptors (Lipinski definition) is 2. The van der Waals surface area contributed by atoms with Gasteiger partial charge in [0.25, 0.3) is 0 Å². The summed E-state index contributed by atoms with van der Waals surface area (Å²) in [5.74, 6) is 0.913. The summed E-state index contributed by atoms with van der Waals surface area (Å²) in [5, 5.41) is 0. The molecule has 0 heterocycles. The molecule has 0 amide bonds. The zero-order valence-electron chi connectivity index (χ0n) is 9.00. The van der Waals surface area contributed by atoms with Crippen LogP contribution in [0, 0.1) is 11.3 Å². The van der Waals surface area contributed by atoms with Crippen molar-refractivity contribution in [2.24, 2.45) is 11.3 Å². The van der Waals surface area contributed by atoms with E-state index in [1.165, 1.54) is 32.1 Å². The maximum absolute atomic E-state index is 10.3. The van der Waals surface area contributed by atoms with E-state index in [9.17, 15) is 4.79 Å². The molecule has 0 saturated heterocycles. The van der Waals surface area contributed by atoms with Gasteiger partial charge in [-0.25, -0.2) is 0 Å². The molecule has 3 atom stereocenters. The van der Waals surface area contributed by atoms with Crippen molar-refractivity contribution in [3.8, 4) is 0 Å². The molecule has 80 valence electrons. The number of carbonyl (C=O) groups excluding carboxylic acids is 1. The van der Waals surface area contributed by atoms with Crippen LogP contribution in [0.1, 0.15) is 44.9 Å². The van der Waals surface area contributed by atoms with Crippen molar-refractivity contribution < 1.29 is 9.53 Å². The van der Waals surface area contributed by atoms with E-state index in [4.69, 9.17) is 4.74 Å². The van der Waals surface area contributed by atoms with Gasteiger partial charge in [0.2, 0.25) is 0 Å². The maximum atomic E-state index is 10.3. The average Bonchev–Trinajstić information content (AvgIpc) is 2.75. The van der Waals surface area contributed by atoms with E-state index in [2.05, 4.69) is 0 Å². The predicted molar refractivity (Wildman–Crippen MR) is 55.1 cm³/mol. The van der Waals surface area contributed by atoms with Gasteiger partial charge in [0.05, 0.1) is 6.10 Å². The monoisotopic (exact) mass is 196 g/mol. The molecule has 2 aliphatic carbocycles. The molecular formula is C12H20O2. The summed E-state index contributed by atoms with van der Waals surface area (Å²) in [4.78, 5) is 10.3. The van der Waals surface area contributed by atoms with Crippen LogP contribution in [-0.4, -0.2) is 19.5 Å². The lowest BCUT2D eigenvalue weighted by molar-refractivity contribution is -0.108. The molecule has 0 aromatic carbocycles. The third-order valence-electron chi connectivity index (χ3n) is 4.26. The minimum atomic E-state index is 0.447. The first-order valence-electron chi connectivity index (χ1n) is 5.77. The molecule has 0 aliphatic heterocycles. The Labute approximate surface area is 86.0 Å². The van der Waals surface area contributed by atoms with Gasteiger partial charge >= 0.3 is 0 Å².